The molecular weight excluding hydrogens is 455 g/mol. The van der Waals surface area contributed by atoms with Crippen LogP contribution in [0.15, 0.2) is 30.3 Å². The Morgan fingerprint density at radius 3 is 2.79 bits per heavy atom. The highest BCUT2D eigenvalue weighted by Crippen LogP contribution is 2.39. The number of anilines is 1. The van der Waals surface area contributed by atoms with E-state index in [1.807, 2.05) is 0 Å². The van der Waals surface area contributed by atoms with Crippen LogP contribution in [0.4, 0.5) is 5.13 Å². The largest absolute Gasteiger partial charge is 0.494 e. The third-order valence-electron chi connectivity index (χ3n) is 4.71. The fourth-order valence-electron chi connectivity index (χ4n) is 3.27. The van der Waals surface area contributed by atoms with Crippen molar-refractivity contribution >= 4 is 67.4 Å². The number of ether oxygens (including phenoxy) is 2. The van der Waals surface area contributed by atoms with Gasteiger partial charge < -0.3 is 9.47 Å². The van der Waals surface area contributed by atoms with Crippen LogP contribution in [0.25, 0.3) is 10.2 Å². The smallest absolute Gasteiger partial charge is 0.261 e. The van der Waals surface area contributed by atoms with E-state index in [0.29, 0.717) is 50.2 Å². The molecule has 0 saturated carbocycles. The van der Waals surface area contributed by atoms with Crippen LogP contribution in [0.1, 0.15) is 23.2 Å². The quantitative estimate of drug-likeness (QED) is 0.452. The zero-order chi connectivity index (χ0) is 20.5. The monoisotopic (exact) mass is 470 g/mol. The van der Waals surface area contributed by atoms with E-state index in [4.69, 9.17) is 44.3 Å². The molecule has 1 saturated heterocycles. The number of halogens is 3. The Labute approximate surface area is 187 Å². The highest BCUT2D eigenvalue weighted by atomic mass is 35.5. The molecule has 0 radical (unpaired) electrons. The van der Waals surface area contributed by atoms with Crippen LogP contribution >= 0.6 is 46.1 Å². The first-order valence-electron chi connectivity index (χ1n) is 8.99. The lowest BCUT2D eigenvalue weighted by Crippen LogP contribution is -2.37. The van der Waals surface area contributed by atoms with E-state index < -0.39 is 0 Å². The van der Waals surface area contributed by atoms with E-state index in [9.17, 15) is 4.79 Å². The van der Waals surface area contributed by atoms with Crippen LogP contribution in [0.2, 0.25) is 15.1 Å². The van der Waals surface area contributed by atoms with Crippen molar-refractivity contribution in [3.05, 3.63) is 51.0 Å². The number of carbonyl (C=O) groups excluding carboxylic acids is 1. The van der Waals surface area contributed by atoms with Crippen molar-refractivity contribution in [1.29, 1.82) is 0 Å². The first kappa shape index (κ1) is 20.7. The third kappa shape index (κ3) is 4.18. The van der Waals surface area contributed by atoms with Crippen molar-refractivity contribution in [2.45, 2.75) is 18.9 Å². The Morgan fingerprint density at radius 2 is 2.07 bits per heavy atom. The number of methoxy groups -OCH3 is 1. The maximum atomic E-state index is 13.5. The van der Waals surface area contributed by atoms with Crippen LogP contribution in [0.5, 0.6) is 5.75 Å². The predicted octanol–water partition coefficient (Wildman–Crippen LogP) is 6.09. The summed E-state index contributed by atoms with van der Waals surface area (Å²) in [5.74, 6) is 0.305. The second-order valence-corrected chi connectivity index (χ2v) is 8.83. The number of hydrogen-bond acceptors (Lipinski definition) is 5. The van der Waals surface area contributed by atoms with Crippen LogP contribution in [-0.4, -0.2) is 37.3 Å². The highest BCUT2D eigenvalue weighted by Gasteiger charge is 2.29. The van der Waals surface area contributed by atoms with Crippen molar-refractivity contribution in [3.8, 4) is 5.75 Å². The molecule has 1 atom stereocenters. The van der Waals surface area contributed by atoms with Gasteiger partial charge in [0.25, 0.3) is 5.91 Å². The lowest BCUT2D eigenvalue weighted by Gasteiger charge is -2.23. The molecule has 1 aromatic heterocycles. The molecule has 0 N–H and O–H groups in total. The molecule has 0 bridgehead atoms. The molecule has 1 amide bonds. The Kier molecular flexibility index (Phi) is 6.18. The standard InChI is InChI=1S/C20H17Cl3N2O3S/c1-27-16-7-6-15(23)18-17(16)24-20(29-18)25(10-12-3-2-8-28-12)19(26)13-9-11(21)4-5-14(13)22/h4-7,9,12H,2-3,8,10H2,1H3. The lowest BCUT2D eigenvalue weighted by molar-refractivity contribution is 0.0917. The van der Waals surface area contributed by atoms with Gasteiger partial charge in [0.15, 0.2) is 5.13 Å². The second-order valence-electron chi connectivity index (χ2n) is 6.60. The van der Waals surface area contributed by atoms with Crippen molar-refractivity contribution in [1.82, 2.24) is 4.98 Å². The number of fused-ring (bicyclic) bond motifs is 1. The van der Waals surface area contributed by atoms with Gasteiger partial charge in [-0.15, -0.1) is 0 Å². The predicted molar refractivity (Wildman–Crippen MR) is 118 cm³/mol. The van der Waals surface area contributed by atoms with E-state index in [0.717, 1.165) is 17.5 Å². The normalized spacial score (nSPS) is 16.3. The number of nitrogens with zero attached hydrogens (tertiary/aromatic N) is 2. The highest BCUT2D eigenvalue weighted by molar-refractivity contribution is 7.23. The van der Waals surface area contributed by atoms with Gasteiger partial charge in [-0.1, -0.05) is 46.1 Å². The van der Waals surface area contributed by atoms with Crippen LogP contribution in [-0.2, 0) is 4.74 Å². The van der Waals surface area contributed by atoms with Gasteiger partial charge in [0.2, 0.25) is 0 Å². The zero-order valence-corrected chi connectivity index (χ0v) is 18.5. The summed E-state index contributed by atoms with van der Waals surface area (Å²) >= 11 is 20.1. The number of hydrogen-bond donors (Lipinski definition) is 0. The number of amides is 1. The van der Waals surface area contributed by atoms with Gasteiger partial charge in [0.1, 0.15) is 11.3 Å². The summed E-state index contributed by atoms with van der Waals surface area (Å²) in [6.07, 6.45) is 1.77. The fourth-order valence-corrected chi connectivity index (χ4v) is 4.90. The summed E-state index contributed by atoms with van der Waals surface area (Å²) in [5.41, 5.74) is 0.928. The zero-order valence-electron chi connectivity index (χ0n) is 15.5. The summed E-state index contributed by atoms with van der Waals surface area (Å²) in [4.78, 5) is 19.7. The molecule has 0 spiro atoms. The Balaban J connectivity index is 1.80. The van der Waals surface area contributed by atoms with Gasteiger partial charge in [-0.25, -0.2) is 4.98 Å². The average molecular weight is 472 g/mol. The SMILES string of the molecule is COc1ccc(Cl)c2sc(N(CC3CCCO3)C(=O)c3cc(Cl)ccc3Cl)nc12. The molecule has 1 aliphatic rings. The summed E-state index contributed by atoms with van der Waals surface area (Å²) in [5, 5.41) is 1.81. The van der Waals surface area contributed by atoms with Crippen LogP contribution in [0, 0.1) is 0 Å². The molecule has 9 heteroatoms. The molecule has 5 nitrogen and oxygen atoms in total. The molecule has 1 aliphatic heterocycles. The molecule has 29 heavy (non-hydrogen) atoms. The van der Waals surface area contributed by atoms with Gasteiger partial charge in [0.05, 0.1) is 40.1 Å². The van der Waals surface area contributed by atoms with Crippen molar-refractivity contribution < 1.29 is 14.3 Å². The summed E-state index contributed by atoms with van der Waals surface area (Å²) < 4.78 is 11.9. The number of benzene rings is 2. The van der Waals surface area contributed by atoms with E-state index in [-0.39, 0.29) is 12.0 Å². The van der Waals surface area contributed by atoms with Crippen molar-refractivity contribution in [3.63, 3.8) is 0 Å². The molecule has 152 valence electrons. The van der Waals surface area contributed by atoms with Gasteiger partial charge in [-0.3, -0.25) is 9.69 Å². The Bertz CT molecular complexity index is 1070. The minimum absolute atomic E-state index is 0.0683. The summed E-state index contributed by atoms with van der Waals surface area (Å²) in [7, 11) is 1.57. The Morgan fingerprint density at radius 1 is 1.28 bits per heavy atom. The topological polar surface area (TPSA) is 51.7 Å². The Hall–Kier alpha value is -1.57. The molecule has 2 heterocycles. The third-order valence-corrected chi connectivity index (χ3v) is 6.82. The molecular formula is C20H17Cl3N2O3S. The number of carbonyl (C=O) groups is 1. The van der Waals surface area contributed by atoms with E-state index in [1.165, 1.54) is 11.3 Å². The number of rotatable bonds is 5. The molecule has 1 unspecified atom stereocenters. The first-order chi connectivity index (χ1) is 14.0. The summed E-state index contributed by atoms with van der Waals surface area (Å²) in [6, 6.07) is 8.33. The number of aromatic nitrogens is 1. The van der Waals surface area contributed by atoms with Crippen LogP contribution in [0.3, 0.4) is 0 Å². The maximum Gasteiger partial charge on any atom is 0.261 e. The molecule has 0 aliphatic carbocycles. The van der Waals surface area contributed by atoms with Gasteiger partial charge in [0, 0.05) is 11.6 Å². The van der Waals surface area contributed by atoms with Crippen LogP contribution < -0.4 is 9.64 Å². The van der Waals surface area contributed by atoms with E-state index in [2.05, 4.69) is 4.98 Å². The second kappa shape index (κ2) is 8.66. The minimum atomic E-state index is -0.290. The maximum absolute atomic E-state index is 13.5. The van der Waals surface area contributed by atoms with Crippen molar-refractivity contribution in [2.75, 3.05) is 25.2 Å². The average Bonchev–Trinajstić information content (AvgIpc) is 3.38. The minimum Gasteiger partial charge on any atom is -0.494 e. The number of thiazole rings is 1. The molecule has 3 aromatic rings. The van der Waals surface area contributed by atoms with Gasteiger partial charge in [-0.05, 0) is 43.2 Å². The fraction of sp³-hybridized carbons (Fsp3) is 0.300. The summed E-state index contributed by atoms with van der Waals surface area (Å²) in [6.45, 7) is 1.05. The first-order valence-corrected chi connectivity index (χ1v) is 10.9. The van der Waals surface area contributed by atoms with Crippen molar-refractivity contribution in [2.24, 2.45) is 0 Å². The molecule has 2 aromatic carbocycles. The van der Waals surface area contributed by atoms with Gasteiger partial charge in [-0.2, -0.15) is 0 Å². The lowest BCUT2D eigenvalue weighted by atomic mass is 10.1. The van der Waals surface area contributed by atoms with Gasteiger partial charge >= 0.3 is 0 Å². The van der Waals surface area contributed by atoms with E-state index in [1.54, 1.807) is 42.3 Å². The molecule has 4 rings (SSSR count). The van der Waals surface area contributed by atoms with E-state index >= 15 is 0 Å². The molecule has 1 fully saturated rings.